The summed E-state index contributed by atoms with van der Waals surface area (Å²) in [6, 6.07) is 9.47. The molecule has 0 spiro atoms. The van der Waals surface area contributed by atoms with Gasteiger partial charge < -0.3 is 18.9 Å². The lowest BCUT2D eigenvalue weighted by Crippen LogP contribution is -2.43. The van der Waals surface area contributed by atoms with Crippen LogP contribution in [0.25, 0.3) is 6.08 Å². The molecule has 3 aliphatic heterocycles. The number of rotatable bonds is 5. The minimum Gasteiger partial charge on any atom is -0.497 e. The molecule has 0 radical (unpaired) electrons. The number of carbonyl (C=O) groups excluding carboxylic acids is 1. The van der Waals surface area contributed by atoms with Gasteiger partial charge in [0.15, 0.2) is 5.76 Å². The highest BCUT2D eigenvalue weighted by molar-refractivity contribution is 6.15. The van der Waals surface area contributed by atoms with Crippen molar-refractivity contribution < 1.29 is 23.7 Å². The molecule has 32 heavy (non-hydrogen) atoms. The Morgan fingerprint density at radius 1 is 1.06 bits per heavy atom. The zero-order valence-corrected chi connectivity index (χ0v) is 18.6. The molecule has 7 nitrogen and oxygen atoms in total. The average molecular weight is 437 g/mol. The minimum atomic E-state index is -0.0906. The Morgan fingerprint density at radius 2 is 1.81 bits per heavy atom. The van der Waals surface area contributed by atoms with Gasteiger partial charge in [-0.1, -0.05) is 12.1 Å². The van der Waals surface area contributed by atoms with Gasteiger partial charge in [-0.2, -0.15) is 0 Å². The first-order valence-electron chi connectivity index (χ1n) is 11.0. The Morgan fingerprint density at radius 3 is 2.56 bits per heavy atom. The SMILES string of the molecule is COc1ccc(/C=C2/Oc3c(cc4c(c3C)OCN(CCN3CCOCC3)C4)C2=O)cc1. The highest BCUT2D eigenvalue weighted by Gasteiger charge is 2.33. The molecule has 0 aliphatic carbocycles. The number of hydrogen-bond acceptors (Lipinski definition) is 7. The normalized spacial score (nSPS) is 19.9. The lowest BCUT2D eigenvalue weighted by atomic mass is 10.00. The van der Waals surface area contributed by atoms with Crippen molar-refractivity contribution in [2.75, 3.05) is 53.2 Å². The van der Waals surface area contributed by atoms with Crippen LogP contribution in [-0.4, -0.2) is 68.8 Å². The molecule has 7 heteroatoms. The van der Waals surface area contributed by atoms with Gasteiger partial charge >= 0.3 is 0 Å². The third-order valence-corrected chi connectivity index (χ3v) is 6.25. The molecule has 5 rings (SSSR count). The molecule has 1 fully saturated rings. The van der Waals surface area contributed by atoms with Crippen LogP contribution in [-0.2, 0) is 11.3 Å². The summed E-state index contributed by atoms with van der Waals surface area (Å²) >= 11 is 0. The molecular weight excluding hydrogens is 408 g/mol. The van der Waals surface area contributed by atoms with Crippen LogP contribution in [0.2, 0.25) is 0 Å². The first-order chi connectivity index (χ1) is 15.6. The molecule has 2 aromatic carbocycles. The molecule has 1 saturated heterocycles. The summed E-state index contributed by atoms with van der Waals surface area (Å²) in [5, 5.41) is 0. The smallest absolute Gasteiger partial charge is 0.231 e. The third-order valence-electron chi connectivity index (χ3n) is 6.25. The number of carbonyl (C=O) groups is 1. The van der Waals surface area contributed by atoms with Crippen molar-refractivity contribution in [3.8, 4) is 17.2 Å². The Balaban J connectivity index is 1.32. The van der Waals surface area contributed by atoms with Gasteiger partial charge in [-0.05, 0) is 36.8 Å². The summed E-state index contributed by atoms with van der Waals surface area (Å²) in [5.74, 6) is 2.46. The van der Waals surface area contributed by atoms with E-state index in [1.54, 1.807) is 13.2 Å². The van der Waals surface area contributed by atoms with Crippen LogP contribution < -0.4 is 14.2 Å². The minimum absolute atomic E-state index is 0.0906. The summed E-state index contributed by atoms with van der Waals surface area (Å²) in [7, 11) is 1.63. The van der Waals surface area contributed by atoms with E-state index in [0.717, 1.165) is 74.1 Å². The van der Waals surface area contributed by atoms with Crippen LogP contribution >= 0.6 is 0 Å². The summed E-state index contributed by atoms with van der Waals surface area (Å²) in [5.41, 5.74) is 3.42. The maximum absolute atomic E-state index is 13.1. The van der Waals surface area contributed by atoms with Crippen LogP contribution in [0.1, 0.15) is 27.0 Å². The Bertz CT molecular complexity index is 1040. The van der Waals surface area contributed by atoms with E-state index in [2.05, 4.69) is 9.80 Å². The number of benzene rings is 2. The number of allylic oxidation sites excluding steroid dienone is 1. The number of methoxy groups -OCH3 is 1. The zero-order valence-electron chi connectivity index (χ0n) is 18.6. The maximum atomic E-state index is 13.1. The number of nitrogens with zero attached hydrogens (tertiary/aromatic N) is 2. The van der Waals surface area contributed by atoms with E-state index < -0.39 is 0 Å². The predicted molar refractivity (Wildman–Crippen MR) is 120 cm³/mol. The number of hydrogen-bond donors (Lipinski definition) is 0. The molecule has 0 bridgehead atoms. The summed E-state index contributed by atoms with van der Waals surface area (Å²) in [4.78, 5) is 17.8. The molecule has 0 N–H and O–H groups in total. The van der Waals surface area contributed by atoms with E-state index in [9.17, 15) is 4.79 Å². The summed E-state index contributed by atoms with van der Waals surface area (Å²) in [6.07, 6.45) is 1.77. The molecule has 168 valence electrons. The van der Waals surface area contributed by atoms with Crippen LogP contribution in [0.5, 0.6) is 17.2 Å². The second kappa shape index (κ2) is 8.94. The molecule has 0 amide bonds. The first-order valence-corrected chi connectivity index (χ1v) is 11.0. The van der Waals surface area contributed by atoms with E-state index in [1.807, 2.05) is 37.3 Å². The van der Waals surface area contributed by atoms with E-state index in [-0.39, 0.29) is 5.78 Å². The van der Waals surface area contributed by atoms with Crippen LogP contribution in [0, 0.1) is 6.92 Å². The van der Waals surface area contributed by atoms with Crippen LogP contribution in [0.4, 0.5) is 0 Å². The fourth-order valence-electron chi connectivity index (χ4n) is 4.40. The van der Waals surface area contributed by atoms with E-state index in [4.69, 9.17) is 18.9 Å². The quantitative estimate of drug-likeness (QED) is 0.668. The van der Waals surface area contributed by atoms with Gasteiger partial charge in [-0.3, -0.25) is 14.6 Å². The Hall–Kier alpha value is -2.87. The molecule has 3 aliphatic rings. The van der Waals surface area contributed by atoms with Crippen LogP contribution in [0.3, 0.4) is 0 Å². The second-order valence-corrected chi connectivity index (χ2v) is 8.36. The fraction of sp³-hybridized carbons (Fsp3) is 0.400. The Kier molecular flexibility index (Phi) is 5.87. The molecular formula is C25H28N2O5. The molecule has 0 unspecified atom stereocenters. The number of ketones is 1. The largest absolute Gasteiger partial charge is 0.497 e. The molecule has 2 aromatic rings. The van der Waals surface area contributed by atoms with Crippen molar-refractivity contribution in [2.45, 2.75) is 13.5 Å². The molecule has 0 atom stereocenters. The first kappa shape index (κ1) is 21.0. The van der Waals surface area contributed by atoms with Crippen molar-refractivity contribution in [2.24, 2.45) is 0 Å². The topological polar surface area (TPSA) is 60.5 Å². The predicted octanol–water partition coefficient (Wildman–Crippen LogP) is 3.10. The third kappa shape index (κ3) is 4.11. The number of morpholine rings is 1. The van der Waals surface area contributed by atoms with Gasteiger partial charge in [-0.15, -0.1) is 0 Å². The van der Waals surface area contributed by atoms with E-state index in [1.165, 1.54) is 0 Å². The maximum Gasteiger partial charge on any atom is 0.231 e. The summed E-state index contributed by atoms with van der Waals surface area (Å²) in [6.45, 7) is 8.74. The van der Waals surface area contributed by atoms with Crippen molar-refractivity contribution >= 4 is 11.9 Å². The molecule has 0 saturated carbocycles. The van der Waals surface area contributed by atoms with Crippen molar-refractivity contribution in [1.82, 2.24) is 9.80 Å². The molecule has 3 heterocycles. The summed E-state index contributed by atoms with van der Waals surface area (Å²) < 4.78 is 22.7. The van der Waals surface area contributed by atoms with Crippen molar-refractivity contribution in [3.63, 3.8) is 0 Å². The van der Waals surface area contributed by atoms with Crippen molar-refractivity contribution in [1.29, 1.82) is 0 Å². The van der Waals surface area contributed by atoms with Gasteiger partial charge in [0.2, 0.25) is 5.78 Å². The monoisotopic (exact) mass is 436 g/mol. The van der Waals surface area contributed by atoms with E-state index >= 15 is 0 Å². The van der Waals surface area contributed by atoms with Gasteiger partial charge in [0.05, 0.1) is 25.9 Å². The number of fused-ring (bicyclic) bond motifs is 2. The highest BCUT2D eigenvalue weighted by Crippen LogP contribution is 2.43. The zero-order chi connectivity index (χ0) is 22.1. The van der Waals surface area contributed by atoms with Gasteiger partial charge in [-0.25, -0.2) is 0 Å². The van der Waals surface area contributed by atoms with Gasteiger partial charge in [0.1, 0.15) is 24.0 Å². The van der Waals surface area contributed by atoms with Crippen LogP contribution in [0.15, 0.2) is 36.1 Å². The second-order valence-electron chi connectivity index (χ2n) is 8.36. The highest BCUT2D eigenvalue weighted by atomic mass is 16.5. The lowest BCUT2D eigenvalue weighted by Gasteiger charge is -2.33. The van der Waals surface area contributed by atoms with Gasteiger partial charge in [0.25, 0.3) is 0 Å². The van der Waals surface area contributed by atoms with E-state index in [0.29, 0.717) is 23.8 Å². The van der Waals surface area contributed by atoms with Crippen molar-refractivity contribution in [3.05, 3.63) is 58.3 Å². The molecule has 0 aromatic heterocycles. The fourth-order valence-corrected chi connectivity index (χ4v) is 4.40. The lowest BCUT2D eigenvalue weighted by molar-refractivity contribution is 0.0239. The van der Waals surface area contributed by atoms with Gasteiger partial charge in [0, 0.05) is 43.9 Å². The number of ether oxygens (including phenoxy) is 4. The number of Topliss-reactive ketones (excluding diaryl/α,β-unsaturated/α-hetero) is 1. The average Bonchev–Trinajstić information content (AvgIpc) is 3.14. The standard InChI is InChI=1S/C25H28N2O5/c1-17-24-19(15-27(16-31-24)8-7-26-9-11-30-12-10-26)14-21-23(28)22(32-25(17)21)13-18-3-5-20(29-2)6-4-18/h3-6,13-14H,7-12,15-16H2,1-2H3/b22-13+. The Labute approximate surface area is 188 Å².